The first-order valence-electron chi connectivity index (χ1n) is 9.44. The molecule has 2 aliphatic heterocycles. The third-order valence-corrected chi connectivity index (χ3v) is 6.10. The molecule has 2 aromatic rings. The van der Waals surface area contributed by atoms with Crippen molar-refractivity contribution in [2.24, 2.45) is 0 Å². The number of carbonyl (C=O) groups is 1. The van der Waals surface area contributed by atoms with Crippen LogP contribution < -0.4 is 5.32 Å². The molecule has 26 heavy (non-hydrogen) atoms. The molecule has 0 spiro atoms. The first-order valence-corrected chi connectivity index (χ1v) is 10.3. The fourth-order valence-corrected chi connectivity index (χ4v) is 4.59. The van der Waals surface area contributed by atoms with Gasteiger partial charge >= 0.3 is 0 Å². The zero-order valence-corrected chi connectivity index (χ0v) is 15.8. The molecular formula is C19H26N4O2S. The molecule has 2 aliphatic rings. The molecular weight excluding hydrogens is 348 g/mol. The van der Waals surface area contributed by atoms with Gasteiger partial charge in [-0.3, -0.25) is 14.6 Å². The van der Waals surface area contributed by atoms with Gasteiger partial charge in [-0.05, 0) is 25.0 Å². The molecule has 0 aliphatic carbocycles. The zero-order valence-electron chi connectivity index (χ0n) is 15.0. The van der Waals surface area contributed by atoms with Gasteiger partial charge in [0.1, 0.15) is 5.01 Å². The van der Waals surface area contributed by atoms with E-state index < -0.39 is 0 Å². The van der Waals surface area contributed by atoms with E-state index in [1.165, 1.54) is 9.71 Å². The van der Waals surface area contributed by atoms with E-state index in [2.05, 4.69) is 33.3 Å². The van der Waals surface area contributed by atoms with Gasteiger partial charge in [-0.2, -0.15) is 0 Å². The lowest BCUT2D eigenvalue weighted by Crippen LogP contribution is -2.49. The average Bonchev–Trinajstić information content (AvgIpc) is 3.30. The van der Waals surface area contributed by atoms with Gasteiger partial charge in [0, 0.05) is 39.3 Å². The summed E-state index contributed by atoms with van der Waals surface area (Å²) < 4.78 is 6.80. The van der Waals surface area contributed by atoms with Crippen LogP contribution in [0.1, 0.15) is 17.8 Å². The first kappa shape index (κ1) is 17.9. The second-order valence-electron chi connectivity index (χ2n) is 7.07. The van der Waals surface area contributed by atoms with Gasteiger partial charge in [0.05, 0.1) is 29.4 Å². The number of amides is 1. The van der Waals surface area contributed by atoms with Gasteiger partial charge in [-0.15, -0.1) is 11.3 Å². The Morgan fingerprint density at radius 2 is 2.04 bits per heavy atom. The molecule has 140 valence electrons. The second-order valence-corrected chi connectivity index (χ2v) is 8.18. The number of hydrogen-bond acceptors (Lipinski definition) is 6. The van der Waals surface area contributed by atoms with Crippen molar-refractivity contribution in [1.29, 1.82) is 0 Å². The minimum absolute atomic E-state index is 0.111. The number of nitrogens with zero attached hydrogens (tertiary/aromatic N) is 3. The van der Waals surface area contributed by atoms with E-state index in [-0.39, 0.29) is 12.0 Å². The second kappa shape index (κ2) is 8.43. The minimum atomic E-state index is 0.111. The van der Waals surface area contributed by atoms with E-state index in [0.29, 0.717) is 13.1 Å². The molecule has 3 heterocycles. The van der Waals surface area contributed by atoms with Crippen LogP contribution in [0.15, 0.2) is 24.3 Å². The maximum Gasteiger partial charge on any atom is 0.234 e. The van der Waals surface area contributed by atoms with Crippen molar-refractivity contribution in [3.8, 4) is 0 Å². The number of ether oxygens (including phenoxy) is 1. The lowest BCUT2D eigenvalue weighted by molar-refractivity contribution is -0.123. The number of piperazine rings is 1. The summed E-state index contributed by atoms with van der Waals surface area (Å²) in [5, 5.41) is 4.19. The van der Waals surface area contributed by atoms with Crippen LogP contribution in [0.3, 0.4) is 0 Å². The van der Waals surface area contributed by atoms with Crippen LogP contribution in [0.4, 0.5) is 0 Å². The number of hydrogen-bond donors (Lipinski definition) is 1. The summed E-state index contributed by atoms with van der Waals surface area (Å²) in [5.74, 6) is 0.111. The predicted molar refractivity (Wildman–Crippen MR) is 103 cm³/mol. The average molecular weight is 375 g/mol. The summed E-state index contributed by atoms with van der Waals surface area (Å²) in [7, 11) is 0. The Balaban J connectivity index is 1.19. The molecule has 1 atom stereocenters. The van der Waals surface area contributed by atoms with Gasteiger partial charge in [0.15, 0.2) is 0 Å². The van der Waals surface area contributed by atoms with Crippen LogP contribution in [0.5, 0.6) is 0 Å². The van der Waals surface area contributed by atoms with Crippen molar-refractivity contribution in [2.45, 2.75) is 25.5 Å². The zero-order chi connectivity index (χ0) is 17.8. The van der Waals surface area contributed by atoms with E-state index in [4.69, 9.17) is 9.72 Å². The number of nitrogens with one attached hydrogen (secondary N) is 1. The molecule has 0 unspecified atom stereocenters. The maximum absolute atomic E-state index is 12.1. The summed E-state index contributed by atoms with van der Waals surface area (Å²) in [6.45, 7) is 6.69. The Bertz CT molecular complexity index is 703. The molecule has 1 aromatic carbocycles. The van der Waals surface area contributed by atoms with Gasteiger partial charge in [0.2, 0.25) is 5.91 Å². The monoisotopic (exact) mass is 374 g/mol. The molecule has 7 heteroatoms. The van der Waals surface area contributed by atoms with Crippen LogP contribution in [-0.4, -0.2) is 72.7 Å². The topological polar surface area (TPSA) is 57.7 Å². The molecule has 4 rings (SSSR count). The third kappa shape index (κ3) is 4.59. The molecule has 0 radical (unpaired) electrons. The maximum atomic E-state index is 12.1. The Morgan fingerprint density at radius 1 is 1.23 bits per heavy atom. The van der Waals surface area contributed by atoms with Crippen molar-refractivity contribution in [2.75, 3.05) is 45.9 Å². The van der Waals surface area contributed by atoms with Crippen molar-refractivity contribution in [1.82, 2.24) is 20.1 Å². The number of thiazole rings is 1. The summed E-state index contributed by atoms with van der Waals surface area (Å²) in [6, 6.07) is 8.30. The predicted octanol–water partition coefficient (Wildman–Crippen LogP) is 1.71. The summed E-state index contributed by atoms with van der Waals surface area (Å²) in [5.41, 5.74) is 1.09. The number of fused-ring (bicyclic) bond motifs is 1. The summed E-state index contributed by atoms with van der Waals surface area (Å²) in [4.78, 5) is 21.5. The Kier molecular flexibility index (Phi) is 5.79. The van der Waals surface area contributed by atoms with E-state index >= 15 is 0 Å². The van der Waals surface area contributed by atoms with Crippen molar-refractivity contribution < 1.29 is 9.53 Å². The number of benzene rings is 1. The first-order chi connectivity index (χ1) is 12.8. The van der Waals surface area contributed by atoms with Crippen molar-refractivity contribution in [3.63, 3.8) is 0 Å². The normalized spacial score (nSPS) is 22.1. The third-order valence-electron chi connectivity index (χ3n) is 5.08. The van der Waals surface area contributed by atoms with E-state index in [9.17, 15) is 4.79 Å². The minimum Gasteiger partial charge on any atom is -0.376 e. The lowest BCUT2D eigenvalue weighted by Gasteiger charge is -2.33. The number of aromatic nitrogens is 1. The Hall–Kier alpha value is -1.54. The highest BCUT2D eigenvalue weighted by atomic mass is 32.1. The molecule has 0 saturated carbocycles. The summed E-state index contributed by atoms with van der Waals surface area (Å²) >= 11 is 1.78. The number of para-hydroxylation sites is 1. The standard InChI is InChI=1S/C19H26N4O2S/c24-18(20-12-15-4-3-11-25-15)13-22-7-9-23(10-8-22)14-19-21-16-5-1-2-6-17(16)26-19/h1-2,5-6,15H,3-4,7-14H2,(H,20,24)/t15-/m0/s1. The SMILES string of the molecule is O=C(CN1CCN(Cc2nc3ccccc3s2)CC1)NC[C@@H]1CCCO1. The van der Waals surface area contributed by atoms with Crippen LogP contribution in [0.2, 0.25) is 0 Å². The van der Waals surface area contributed by atoms with Crippen molar-refractivity contribution >= 4 is 27.5 Å². The molecule has 2 fully saturated rings. The lowest BCUT2D eigenvalue weighted by atomic mass is 10.2. The highest BCUT2D eigenvalue weighted by Crippen LogP contribution is 2.23. The molecule has 1 aromatic heterocycles. The number of rotatable bonds is 6. The van der Waals surface area contributed by atoms with E-state index in [0.717, 1.165) is 57.7 Å². The van der Waals surface area contributed by atoms with Crippen LogP contribution in [0.25, 0.3) is 10.2 Å². The van der Waals surface area contributed by atoms with Gasteiger partial charge in [-0.1, -0.05) is 12.1 Å². The van der Waals surface area contributed by atoms with Crippen LogP contribution in [0, 0.1) is 0 Å². The summed E-state index contributed by atoms with van der Waals surface area (Å²) in [6.07, 6.45) is 2.38. The fraction of sp³-hybridized carbons (Fsp3) is 0.579. The van der Waals surface area contributed by atoms with Crippen LogP contribution >= 0.6 is 11.3 Å². The molecule has 6 nitrogen and oxygen atoms in total. The molecule has 1 amide bonds. The Labute approximate surface area is 158 Å². The van der Waals surface area contributed by atoms with Gasteiger partial charge in [-0.25, -0.2) is 4.98 Å². The highest BCUT2D eigenvalue weighted by molar-refractivity contribution is 7.18. The number of carbonyl (C=O) groups excluding carboxylic acids is 1. The van der Waals surface area contributed by atoms with E-state index in [1.54, 1.807) is 11.3 Å². The molecule has 2 saturated heterocycles. The highest BCUT2D eigenvalue weighted by Gasteiger charge is 2.21. The quantitative estimate of drug-likeness (QED) is 0.834. The van der Waals surface area contributed by atoms with Crippen molar-refractivity contribution in [3.05, 3.63) is 29.3 Å². The molecule has 1 N–H and O–H groups in total. The largest absolute Gasteiger partial charge is 0.376 e. The van der Waals surface area contributed by atoms with Gasteiger partial charge in [0.25, 0.3) is 0 Å². The molecule has 0 bridgehead atoms. The Morgan fingerprint density at radius 3 is 2.81 bits per heavy atom. The smallest absolute Gasteiger partial charge is 0.234 e. The fourth-order valence-electron chi connectivity index (χ4n) is 3.58. The van der Waals surface area contributed by atoms with E-state index in [1.807, 2.05) is 6.07 Å². The van der Waals surface area contributed by atoms with Crippen LogP contribution in [-0.2, 0) is 16.1 Å². The van der Waals surface area contributed by atoms with Gasteiger partial charge < -0.3 is 10.1 Å².